The van der Waals surface area contributed by atoms with Gasteiger partial charge >= 0.3 is 6.09 Å². The summed E-state index contributed by atoms with van der Waals surface area (Å²) in [6.07, 6.45) is 0.0392. The fourth-order valence-corrected chi connectivity index (χ4v) is 3.66. The minimum atomic E-state index is -0.612. The quantitative estimate of drug-likeness (QED) is 0.848. The van der Waals surface area contributed by atoms with E-state index in [1.807, 2.05) is 31.2 Å². The van der Waals surface area contributed by atoms with E-state index in [2.05, 4.69) is 5.32 Å². The first kappa shape index (κ1) is 18.4. The van der Waals surface area contributed by atoms with E-state index < -0.39 is 23.5 Å². The lowest BCUT2D eigenvalue weighted by Crippen LogP contribution is -2.29. The first-order valence-corrected chi connectivity index (χ1v) is 9.24. The van der Waals surface area contributed by atoms with E-state index in [-0.39, 0.29) is 23.6 Å². The molecule has 0 radical (unpaired) electrons. The van der Waals surface area contributed by atoms with Crippen molar-refractivity contribution >= 4 is 17.7 Å². The molecule has 1 aliphatic carbocycles. The number of anilines is 1. The Morgan fingerprint density at radius 1 is 1.21 bits per heavy atom. The van der Waals surface area contributed by atoms with E-state index in [0.29, 0.717) is 25.3 Å². The summed E-state index contributed by atoms with van der Waals surface area (Å²) in [7, 11) is 0. The van der Waals surface area contributed by atoms with Crippen molar-refractivity contribution < 1.29 is 23.1 Å². The molecule has 0 unspecified atom stereocenters. The average molecular weight is 386 g/mol. The van der Waals surface area contributed by atoms with E-state index in [9.17, 15) is 18.4 Å². The van der Waals surface area contributed by atoms with Gasteiger partial charge < -0.3 is 10.1 Å². The molecular weight excluding hydrogens is 366 g/mol. The summed E-state index contributed by atoms with van der Waals surface area (Å²) in [4.78, 5) is 25.8. The molecule has 0 aromatic heterocycles. The zero-order chi connectivity index (χ0) is 19.8. The predicted octanol–water partition coefficient (Wildman–Crippen LogP) is 3.90. The van der Waals surface area contributed by atoms with Gasteiger partial charge in [-0.25, -0.2) is 13.6 Å². The zero-order valence-corrected chi connectivity index (χ0v) is 15.3. The molecule has 2 fully saturated rings. The molecule has 2 amide bonds. The van der Waals surface area contributed by atoms with Gasteiger partial charge in [-0.2, -0.15) is 0 Å². The van der Waals surface area contributed by atoms with Crippen LogP contribution in [0.4, 0.5) is 19.3 Å². The van der Waals surface area contributed by atoms with Crippen LogP contribution in [0.3, 0.4) is 0 Å². The van der Waals surface area contributed by atoms with E-state index in [0.717, 1.165) is 5.56 Å². The average Bonchev–Trinajstić information content (AvgIpc) is 3.34. The van der Waals surface area contributed by atoms with Crippen molar-refractivity contribution in [1.82, 2.24) is 5.32 Å². The maximum absolute atomic E-state index is 13.9. The number of halogens is 2. The molecule has 1 aliphatic heterocycles. The van der Waals surface area contributed by atoms with Crippen molar-refractivity contribution in [3.8, 4) is 0 Å². The summed E-state index contributed by atoms with van der Waals surface area (Å²) in [6.45, 7) is 2.67. The van der Waals surface area contributed by atoms with Crippen LogP contribution in [-0.4, -0.2) is 25.2 Å². The number of carbonyl (C=O) groups is 2. The van der Waals surface area contributed by atoms with Crippen molar-refractivity contribution in [3.05, 3.63) is 65.2 Å². The Bertz CT molecular complexity index is 913. The van der Waals surface area contributed by atoms with Gasteiger partial charge in [-0.1, -0.05) is 18.2 Å². The molecule has 146 valence electrons. The van der Waals surface area contributed by atoms with Gasteiger partial charge in [0.15, 0.2) is 0 Å². The fourth-order valence-electron chi connectivity index (χ4n) is 3.66. The second-order valence-electron chi connectivity index (χ2n) is 7.18. The maximum atomic E-state index is 13.9. The van der Waals surface area contributed by atoms with Crippen LogP contribution in [0, 0.1) is 17.6 Å². The van der Waals surface area contributed by atoms with Crippen LogP contribution in [0.25, 0.3) is 0 Å². The Hall–Kier alpha value is -2.96. The van der Waals surface area contributed by atoms with Crippen molar-refractivity contribution in [1.29, 1.82) is 0 Å². The van der Waals surface area contributed by atoms with Crippen molar-refractivity contribution in [3.63, 3.8) is 0 Å². The van der Waals surface area contributed by atoms with E-state index in [1.54, 1.807) is 0 Å². The summed E-state index contributed by atoms with van der Waals surface area (Å²) in [5.74, 6) is -2.33. The first-order valence-electron chi connectivity index (χ1n) is 9.24. The normalized spacial score (nSPS) is 22.0. The number of carbonyl (C=O) groups excluding carboxylic acids is 2. The number of rotatable bonds is 5. The van der Waals surface area contributed by atoms with Crippen LogP contribution in [0.15, 0.2) is 42.5 Å². The molecule has 7 heteroatoms. The molecule has 1 heterocycles. The lowest BCUT2D eigenvalue weighted by Gasteiger charge is -2.18. The van der Waals surface area contributed by atoms with Crippen LogP contribution in [-0.2, 0) is 9.53 Å². The Morgan fingerprint density at radius 3 is 2.61 bits per heavy atom. The van der Waals surface area contributed by atoms with Gasteiger partial charge in [0, 0.05) is 23.1 Å². The van der Waals surface area contributed by atoms with Gasteiger partial charge in [-0.05, 0) is 43.2 Å². The summed E-state index contributed by atoms with van der Waals surface area (Å²) in [6, 6.07) is 10.7. The van der Waals surface area contributed by atoms with Crippen LogP contribution in [0.2, 0.25) is 0 Å². The molecule has 28 heavy (non-hydrogen) atoms. The number of hydrogen-bond donors (Lipinski definition) is 1. The molecule has 2 aromatic rings. The summed E-state index contributed by atoms with van der Waals surface area (Å²) in [5.41, 5.74) is 1.53. The number of nitrogens with zero attached hydrogens (tertiary/aromatic N) is 1. The largest absolute Gasteiger partial charge is 0.447 e. The smallest absolute Gasteiger partial charge is 0.414 e. The monoisotopic (exact) mass is 386 g/mol. The molecule has 2 aromatic carbocycles. The molecule has 1 N–H and O–H groups in total. The minimum absolute atomic E-state index is 0.00940. The number of nitrogens with one attached hydrogen (secondary N) is 1. The molecule has 0 spiro atoms. The zero-order valence-electron chi connectivity index (χ0n) is 15.3. The first-order chi connectivity index (χ1) is 13.5. The van der Waals surface area contributed by atoms with Gasteiger partial charge in [0.25, 0.3) is 0 Å². The molecular formula is C21H20F2N2O3. The second kappa shape index (κ2) is 7.22. The third-order valence-corrected chi connectivity index (χ3v) is 5.30. The standard InChI is InChI=1S/C21H20F2N2O3/c1-12(13-4-2-5-14(10-13)25-8-9-28-21(25)27)24-20(26)16-11-15(16)19-17(22)6-3-7-18(19)23/h2-7,10,12,15-16H,8-9,11H2,1H3,(H,24,26)/t12-,15-,16+/m0/s1. The van der Waals surface area contributed by atoms with Gasteiger partial charge in [0.2, 0.25) is 5.91 Å². The number of cyclic esters (lactones) is 1. The molecule has 1 saturated carbocycles. The Balaban J connectivity index is 1.42. The highest BCUT2D eigenvalue weighted by atomic mass is 19.1. The van der Waals surface area contributed by atoms with Crippen molar-refractivity contribution in [2.75, 3.05) is 18.1 Å². The Morgan fingerprint density at radius 2 is 1.93 bits per heavy atom. The highest BCUT2D eigenvalue weighted by Gasteiger charge is 2.46. The maximum Gasteiger partial charge on any atom is 0.414 e. The molecule has 5 nitrogen and oxygen atoms in total. The number of benzene rings is 2. The summed E-state index contributed by atoms with van der Waals surface area (Å²) < 4.78 is 32.8. The Labute approximate surface area is 161 Å². The minimum Gasteiger partial charge on any atom is -0.447 e. The van der Waals surface area contributed by atoms with Crippen LogP contribution in [0.5, 0.6) is 0 Å². The SMILES string of the molecule is C[C@H](NC(=O)[C@@H]1C[C@@H]1c1c(F)cccc1F)c1cccc(N2CCOC2=O)c1. The highest BCUT2D eigenvalue weighted by molar-refractivity contribution is 5.89. The molecule has 2 aliphatic rings. The van der Waals surface area contributed by atoms with Crippen LogP contribution < -0.4 is 10.2 Å². The fraction of sp³-hybridized carbons (Fsp3) is 0.333. The van der Waals surface area contributed by atoms with Gasteiger partial charge in [-0.15, -0.1) is 0 Å². The third kappa shape index (κ3) is 3.44. The molecule has 3 atom stereocenters. The van der Waals surface area contributed by atoms with E-state index >= 15 is 0 Å². The van der Waals surface area contributed by atoms with Gasteiger partial charge in [0.1, 0.15) is 18.2 Å². The summed E-state index contributed by atoms with van der Waals surface area (Å²) >= 11 is 0. The number of ether oxygens (including phenoxy) is 1. The highest BCUT2D eigenvalue weighted by Crippen LogP contribution is 2.49. The topological polar surface area (TPSA) is 58.6 Å². The lowest BCUT2D eigenvalue weighted by atomic mass is 10.1. The third-order valence-electron chi connectivity index (χ3n) is 5.30. The van der Waals surface area contributed by atoms with Gasteiger partial charge in [-0.3, -0.25) is 9.69 Å². The second-order valence-corrected chi connectivity index (χ2v) is 7.18. The number of amides is 2. The van der Waals surface area contributed by atoms with Crippen molar-refractivity contribution in [2.24, 2.45) is 5.92 Å². The Kier molecular flexibility index (Phi) is 4.75. The molecule has 4 rings (SSSR count). The van der Waals surface area contributed by atoms with E-state index in [1.165, 1.54) is 23.1 Å². The van der Waals surface area contributed by atoms with Gasteiger partial charge in [0.05, 0.1) is 12.6 Å². The number of hydrogen-bond acceptors (Lipinski definition) is 3. The summed E-state index contributed by atoms with van der Waals surface area (Å²) in [5, 5.41) is 2.91. The lowest BCUT2D eigenvalue weighted by molar-refractivity contribution is -0.123. The van der Waals surface area contributed by atoms with Crippen molar-refractivity contribution in [2.45, 2.75) is 25.3 Å². The molecule has 0 bridgehead atoms. The van der Waals surface area contributed by atoms with Crippen LogP contribution in [0.1, 0.15) is 36.4 Å². The predicted molar refractivity (Wildman–Crippen MR) is 98.9 cm³/mol. The molecule has 1 saturated heterocycles. The van der Waals surface area contributed by atoms with E-state index in [4.69, 9.17) is 4.74 Å². The van der Waals surface area contributed by atoms with Crippen LogP contribution >= 0.6 is 0 Å².